The average molecular weight is 287 g/mol. The molecule has 2 rings (SSSR count). The molecule has 2 heterocycles. The minimum Gasteiger partial charge on any atom is -0.308 e. The van der Waals surface area contributed by atoms with Crippen LogP contribution in [0.15, 0.2) is 6.07 Å². The summed E-state index contributed by atoms with van der Waals surface area (Å²) in [6.45, 7) is 5.26. The number of aromatic nitrogens is 2. The Hall–Kier alpha value is -1.07. The van der Waals surface area contributed by atoms with Gasteiger partial charge in [-0.25, -0.2) is 0 Å². The first-order chi connectivity index (χ1) is 8.70. The molecule has 1 aliphatic heterocycles. The zero-order valence-corrected chi connectivity index (χ0v) is 12.3. The minimum absolute atomic E-state index is 0. The van der Waals surface area contributed by atoms with Gasteiger partial charge in [0.2, 0.25) is 5.91 Å². The quantitative estimate of drug-likeness (QED) is 0.778. The number of anilines is 1. The molecular formula is C13H23ClN4O. The van der Waals surface area contributed by atoms with Gasteiger partial charge in [0, 0.05) is 11.8 Å². The third-order valence-corrected chi connectivity index (χ3v) is 3.48. The number of aromatic amines is 1. The van der Waals surface area contributed by atoms with Gasteiger partial charge in [-0.15, -0.1) is 12.4 Å². The Balaban J connectivity index is 0.00000180. The first-order valence-electron chi connectivity index (χ1n) is 6.80. The summed E-state index contributed by atoms with van der Waals surface area (Å²) in [6.07, 6.45) is 4.25. The number of hydrogen-bond acceptors (Lipinski definition) is 3. The zero-order chi connectivity index (χ0) is 13.0. The third kappa shape index (κ3) is 4.21. The molecule has 1 amide bonds. The molecule has 0 saturated carbocycles. The number of carbonyl (C=O) groups is 1. The summed E-state index contributed by atoms with van der Waals surface area (Å²) in [4.78, 5) is 11.9. The molecular weight excluding hydrogens is 264 g/mol. The molecule has 0 radical (unpaired) electrons. The van der Waals surface area contributed by atoms with E-state index in [0.717, 1.165) is 37.9 Å². The van der Waals surface area contributed by atoms with Crippen LogP contribution in [0, 0.1) is 0 Å². The average Bonchev–Trinajstić information content (AvgIpc) is 2.99. The van der Waals surface area contributed by atoms with Gasteiger partial charge in [0.05, 0.1) is 6.04 Å². The van der Waals surface area contributed by atoms with Crippen molar-refractivity contribution in [2.45, 2.75) is 51.5 Å². The van der Waals surface area contributed by atoms with Gasteiger partial charge in [-0.2, -0.15) is 5.10 Å². The van der Waals surface area contributed by atoms with E-state index in [-0.39, 0.29) is 24.4 Å². The van der Waals surface area contributed by atoms with E-state index in [0.29, 0.717) is 11.7 Å². The van der Waals surface area contributed by atoms with Crippen molar-refractivity contribution in [1.82, 2.24) is 15.5 Å². The summed E-state index contributed by atoms with van der Waals surface area (Å²) in [7, 11) is 0. The fourth-order valence-electron chi connectivity index (χ4n) is 2.36. The standard InChI is InChI=1S/C13H22N4O.ClH/c1-3-5-9(2)11-8-12(17-16-11)15-13(18)10-6-4-7-14-10;/h8-10,14H,3-7H2,1-2H3,(H2,15,16,17,18);1H. The van der Waals surface area contributed by atoms with E-state index >= 15 is 0 Å². The van der Waals surface area contributed by atoms with Crippen molar-refractivity contribution in [3.8, 4) is 0 Å². The van der Waals surface area contributed by atoms with E-state index in [1.807, 2.05) is 6.07 Å². The maximum Gasteiger partial charge on any atom is 0.242 e. The number of amides is 1. The lowest BCUT2D eigenvalue weighted by Crippen LogP contribution is -2.35. The fourth-order valence-corrected chi connectivity index (χ4v) is 2.36. The molecule has 1 aromatic rings. The van der Waals surface area contributed by atoms with Gasteiger partial charge < -0.3 is 10.6 Å². The molecule has 108 valence electrons. The molecule has 0 bridgehead atoms. The lowest BCUT2D eigenvalue weighted by Gasteiger charge is -2.08. The first-order valence-corrected chi connectivity index (χ1v) is 6.80. The van der Waals surface area contributed by atoms with Crippen LogP contribution in [0.4, 0.5) is 5.82 Å². The van der Waals surface area contributed by atoms with E-state index in [1.54, 1.807) is 0 Å². The fraction of sp³-hybridized carbons (Fsp3) is 0.692. The first kappa shape index (κ1) is 16.0. The van der Waals surface area contributed by atoms with Crippen LogP contribution < -0.4 is 10.6 Å². The van der Waals surface area contributed by atoms with Crippen molar-refractivity contribution >= 4 is 24.1 Å². The molecule has 0 spiro atoms. The summed E-state index contributed by atoms with van der Waals surface area (Å²) in [5.74, 6) is 1.11. The number of nitrogens with one attached hydrogen (secondary N) is 3. The van der Waals surface area contributed by atoms with E-state index in [9.17, 15) is 4.79 Å². The number of H-pyrrole nitrogens is 1. The molecule has 0 aliphatic carbocycles. The summed E-state index contributed by atoms with van der Waals surface area (Å²) in [5, 5.41) is 13.2. The van der Waals surface area contributed by atoms with Crippen LogP contribution >= 0.6 is 12.4 Å². The van der Waals surface area contributed by atoms with Gasteiger partial charge in [-0.3, -0.25) is 9.89 Å². The van der Waals surface area contributed by atoms with Crippen LogP contribution in [0.2, 0.25) is 0 Å². The second-order valence-electron chi connectivity index (χ2n) is 5.04. The number of nitrogens with zero attached hydrogens (tertiary/aromatic N) is 1. The normalized spacial score (nSPS) is 19.8. The van der Waals surface area contributed by atoms with Gasteiger partial charge in [0.15, 0.2) is 5.82 Å². The van der Waals surface area contributed by atoms with Crippen LogP contribution in [0.3, 0.4) is 0 Å². The Labute approximate surface area is 120 Å². The Morgan fingerprint density at radius 1 is 1.63 bits per heavy atom. The second-order valence-corrected chi connectivity index (χ2v) is 5.04. The van der Waals surface area contributed by atoms with E-state index in [1.165, 1.54) is 0 Å². The maximum absolute atomic E-state index is 11.9. The van der Waals surface area contributed by atoms with E-state index in [2.05, 4.69) is 34.7 Å². The van der Waals surface area contributed by atoms with E-state index in [4.69, 9.17) is 0 Å². The Bertz CT molecular complexity index is 401. The van der Waals surface area contributed by atoms with Crippen molar-refractivity contribution in [2.24, 2.45) is 0 Å². The van der Waals surface area contributed by atoms with Crippen LogP contribution in [0.5, 0.6) is 0 Å². The molecule has 2 unspecified atom stereocenters. The molecule has 1 aliphatic rings. The highest BCUT2D eigenvalue weighted by Crippen LogP contribution is 2.20. The molecule has 3 N–H and O–H groups in total. The van der Waals surface area contributed by atoms with Gasteiger partial charge in [0.1, 0.15) is 0 Å². The molecule has 1 fully saturated rings. The van der Waals surface area contributed by atoms with Gasteiger partial charge in [-0.05, 0) is 31.7 Å². The number of rotatable bonds is 5. The molecule has 5 nitrogen and oxygen atoms in total. The van der Waals surface area contributed by atoms with Crippen LogP contribution in [0.1, 0.15) is 51.1 Å². The molecule has 2 atom stereocenters. The smallest absolute Gasteiger partial charge is 0.242 e. The Morgan fingerprint density at radius 3 is 3.05 bits per heavy atom. The molecule has 1 saturated heterocycles. The predicted molar refractivity (Wildman–Crippen MR) is 78.8 cm³/mol. The highest BCUT2D eigenvalue weighted by atomic mass is 35.5. The molecule has 1 aromatic heterocycles. The third-order valence-electron chi connectivity index (χ3n) is 3.48. The predicted octanol–water partition coefficient (Wildman–Crippen LogP) is 2.43. The lowest BCUT2D eigenvalue weighted by atomic mass is 10.0. The number of hydrogen-bond donors (Lipinski definition) is 3. The lowest BCUT2D eigenvalue weighted by molar-refractivity contribution is -0.117. The number of halogens is 1. The van der Waals surface area contributed by atoms with Crippen LogP contribution in [0.25, 0.3) is 0 Å². The van der Waals surface area contributed by atoms with Crippen molar-refractivity contribution in [1.29, 1.82) is 0 Å². The molecule has 19 heavy (non-hydrogen) atoms. The van der Waals surface area contributed by atoms with E-state index < -0.39 is 0 Å². The highest BCUT2D eigenvalue weighted by molar-refractivity contribution is 5.94. The van der Waals surface area contributed by atoms with Crippen molar-refractivity contribution in [3.05, 3.63) is 11.8 Å². The van der Waals surface area contributed by atoms with Gasteiger partial charge in [-0.1, -0.05) is 20.3 Å². The largest absolute Gasteiger partial charge is 0.308 e. The highest BCUT2D eigenvalue weighted by Gasteiger charge is 2.22. The summed E-state index contributed by atoms with van der Waals surface area (Å²) < 4.78 is 0. The van der Waals surface area contributed by atoms with Gasteiger partial charge in [0.25, 0.3) is 0 Å². The molecule has 0 aromatic carbocycles. The van der Waals surface area contributed by atoms with Crippen molar-refractivity contribution in [3.63, 3.8) is 0 Å². The maximum atomic E-state index is 11.9. The van der Waals surface area contributed by atoms with Crippen LogP contribution in [-0.4, -0.2) is 28.7 Å². The molecule has 6 heteroatoms. The van der Waals surface area contributed by atoms with Crippen molar-refractivity contribution < 1.29 is 4.79 Å². The van der Waals surface area contributed by atoms with Gasteiger partial charge >= 0.3 is 0 Å². The SMILES string of the molecule is CCCC(C)c1cc(NC(=O)C2CCCN2)n[nH]1.Cl. The zero-order valence-electron chi connectivity index (χ0n) is 11.5. The van der Waals surface area contributed by atoms with Crippen LogP contribution in [-0.2, 0) is 4.79 Å². The Morgan fingerprint density at radius 2 is 2.42 bits per heavy atom. The summed E-state index contributed by atoms with van der Waals surface area (Å²) in [5.41, 5.74) is 1.09. The van der Waals surface area contributed by atoms with Crippen molar-refractivity contribution in [2.75, 3.05) is 11.9 Å². The summed E-state index contributed by atoms with van der Waals surface area (Å²) in [6, 6.07) is 1.88. The minimum atomic E-state index is -0.0572. The topological polar surface area (TPSA) is 69.8 Å². The number of carbonyl (C=O) groups excluding carboxylic acids is 1. The Kier molecular flexibility index (Phi) is 6.31. The second kappa shape index (κ2) is 7.50. The summed E-state index contributed by atoms with van der Waals surface area (Å²) >= 11 is 0. The monoisotopic (exact) mass is 286 g/mol.